The van der Waals surface area contributed by atoms with E-state index in [1.165, 1.54) is 6.07 Å². The third-order valence-corrected chi connectivity index (χ3v) is 2.04. The van der Waals surface area contributed by atoms with E-state index in [0.717, 1.165) is 6.07 Å². The fourth-order valence-corrected chi connectivity index (χ4v) is 1.19. The number of thiol groups is 1. The number of hydrogen-bond acceptors (Lipinski definition) is 1. The summed E-state index contributed by atoms with van der Waals surface area (Å²) in [6, 6.07) is 2.44. The molecule has 0 aliphatic carbocycles. The Kier molecular flexibility index (Phi) is 2.31. The summed E-state index contributed by atoms with van der Waals surface area (Å²) in [4.78, 5) is -0.255. The Hall–Kier alpha value is -0.0900. The molecule has 1 rings (SSSR count). The molecule has 0 N–H and O–H groups in total. The van der Waals surface area contributed by atoms with Crippen LogP contribution in [0.3, 0.4) is 0 Å². The molecule has 0 nitrogen and oxygen atoms in total. The lowest BCUT2D eigenvalue weighted by molar-refractivity contribution is 0.537. The highest BCUT2D eigenvalue weighted by Crippen LogP contribution is 2.23. The van der Waals surface area contributed by atoms with E-state index in [1.807, 2.05) is 0 Å². The average Bonchev–Trinajstić information content (AvgIpc) is 1.93. The van der Waals surface area contributed by atoms with Gasteiger partial charge in [-0.2, -0.15) is 0 Å². The summed E-state index contributed by atoms with van der Waals surface area (Å²) in [5.41, 5.74) is 0. The van der Waals surface area contributed by atoms with E-state index in [2.05, 4.69) is 28.6 Å². The summed E-state index contributed by atoms with van der Waals surface area (Å²) in [6.07, 6.45) is 0. The maximum atomic E-state index is 12.6. The van der Waals surface area contributed by atoms with Crippen LogP contribution in [0.1, 0.15) is 0 Å². The van der Waals surface area contributed by atoms with Crippen molar-refractivity contribution in [3.05, 3.63) is 28.2 Å². The zero-order valence-corrected chi connectivity index (χ0v) is 7.22. The number of rotatable bonds is 0. The van der Waals surface area contributed by atoms with Gasteiger partial charge in [0.15, 0.2) is 5.82 Å². The van der Waals surface area contributed by atoms with Crippen molar-refractivity contribution < 1.29 is 8.78 Å². The molecular formula is C6H3BrF2S. The van der Waals surface area contributed by atoms with Crippen LogP contribution in [0.4, 0.5) is 8.78 Å². The lowest BCUT2D eigenvalue weighted by atomic mass is 10.3. The highest BCUT2D eigenvalue weighted by molar-refractivity contribution is 9.10. The molecule has 0 aliphatic rings. The van der Waals surface area contributed by atoms with Gasteiger partial charge in [-0.15, -0.1) is 12.6 Å². The lowest BCUT2D eigenvalue weighted by Gasteiger charge is -1.97. The SMILES string of the molecule is Fc1ccc(Br)c(F)c1S. The standard InChI is InChI=1S/C6H3BrF2S/c7-3-1-2-4(8)6(10)5(3)9/h1-2,10H. The molecule has 0 saturated carbocycles. The molecular weight excluding hydrogens is 222 g/mol. The van der Waals surface area contributed by atoms with Gasteiger partial charge in [-0.3, -0.25) is 0 Å². The molecule has 54 valence electrons. The molecule has 0 saturated heterocycles. The quantitative estimate of drug-likeness (QED) is 0.509. The second-order valence-electron chi connectivity index (χ2n) is 1.69. The van der Waals surface area contributed by atoms with Crippen LogP contribution in [0.2, 0.25) is 0 Å². The summed E-state index contributed by atoms with van der Waals surface area (Å²) >= 11 is 6.49. The molecule has 1 aromatic carbocycles. The van der Waals surface area contributed by atoms with Crippen molar-refractivity contribution in [2.75, 3.05) is 0 Å². The summed E-state index contributed by atoms with van der Waals surface area (Å²) in [7, 11) is 0. The molecule has 0 unspecified atom stereocenters. The summed E-state index contributed by atoms with van der Waals surface area (Å²) in [5.74, 6) is -1.31. The van der Waals surface area contributed by atoms with Crippen LogP contribution in [-0.2, 0) is 0 Å². The predicted octanol–water partition coefficient (Wildman–Crippen LogP) is 3.02. The highest BCUT2D eigenvalue weighted by Gasteiger charge is 2.06. The molecule has 0 amide bonds. The summed E-state index contributed by atoms with van der Waals surface area (Å²) in [6.45, 7) is 0. The molecule has 0 radical (unpaired) electrons. The van der Waals surface area contributed by atoms with E-state index in [0.29, 0.717) is 0 Å². The summed E-state index contributed by atoms with van der Waals surface area (Å²) in [5, 5.41) is 0. The lowest BCUT2D eigenvalue weighted by Crippen LogP contribution is -1.84. The Labute approximate surface area is 70.8 Å². The minimum Gasteiger partial charge on any atom is -0.206 e. The molecule has 4 heteroatoms. The van der Waals surface area contributed by atoms with Crippen molar-refractivity contribution in [2.24, 2.45) is 0 Å². The van der Waals surface area contributed by atoms with Gasteiger partial charge in [0.25, 0.3) is 0 Å². The molecule has 1 aromatic rings. The van der Waals surface area contributed by atoms with Crippen molar-refractivity contribution in [2.45, 2.75) is 4.90 Å². The fourth-order valence-electron chi connectivity index (χ4n) is 0.516. The topological polar surface area (TPSA) is 0 Å². The number of hydrogen-bond donors (Lipinski definition) is 1. The van der Waals surface area contributed by atoms with Crippen molar-refractivity contribution in [3.8, 4) is 0 Å². The smallest absolute Gasteiger partial charge is 0.153 e. The molecule has 0 atom stereocenters. The Balaban J connectivity index is 3.34. The Morgan fingerprint density at radius 2 is 1.90 bits per heavy atom. The van der Waals surface area contributed by atoms with Gasteiger partial charge in [0, 0.05) is 0 Å². The van der Waals surface area contributed by atoms with Crippen molar-refractivity contribution >= 4 is 28.6 Å². The van der Waals surface area contributed by atoms with Crippen LogP contribution < -0.4 is 0 Å². The van der Waals surface area contributed by atoms with Crippen LogP contribution in [0.15, 0.2) is 21.5 Å². The van der Waals surface area contributed by atoms with E-state index in [-0.39, 0.29) is 9.37 Å². The van der Waals surface area contributed by atoms with Gasteiger partial charge in [0.1, 0.15) is 5.82 Å². The normalized spacial score (nSPS) is 10.0. The van der Waals surface area contributed by atoms with E-state index >= 15 is 0 Å². The minimum atomic E-state index is -0.664. The first-order chi connectivity index (χ1) is 4.63. The van der Waals surface area contributed by atoms with Crippen LogP contribution in [0.25, 0.3) is 0 Å². The third-order valence-electron chi connectivity index (χ3n) is 1.02. The molecule has 0 heterocycles. The maximum absolute atomic E-state index is 12.6. The summed E-state index contributed by atoms with van der Waals surface area (Å²) < 4.78 is 25.3. The molecule has 0 aromatic heterocycles. The first kappa shape index (κ1) is 8.01. The van der Waals surface area contributed by atoms with Gasteiger partial charge < -0.3 is 0 Å². The monoisotopic (exact) mass is 224 g/mol. The van der Waals surface area contributed by atoms with Crippen LogP contribution in [0, 0.1) is 11.6 Å². The maximum Gasteiger partial charge on any atom is 0.153 e. The predicted molar refractivity (Wildman–Crippen MR) is 41.3 cm³/mol. The zero-order valence-electron chi connectivity index (χ0n) is 4.74. The Morgan fingerprint density at radius 1 is 1.30 bits per heavy atom. The van der Waals surface area contributed by atoms with Crippen LogP contribution >= 0.6 is 28.6 Å². The zero-order chi connectivity index (χ0) is 7.72. The Morgan fingerprint density at radius 3 is 2.40 bits per heavy atom. The second-order valence-corrected chi connectivity index (χ2v) is 2.99. The van der Waals surface area contributed by atoms with E-state index in [4.69, 9.17) is 0 Å². The highest BCUT2D eigenvalue weighted by atomic mass is 79.9. The first-order valence-corrected chi connectivity index (χ1v) is 3.69. The Bertz CT molecular complexity index is 235. The van der Waals surface area contributed by atoms with Gasteiger partial charge in [-0.1, -0.05) is 0 Å². The average molecular weight is 225 g/mol. The number of benzene rings is 1. The van der Waals surface area contributed by atoms with Gasteiger partial charge in [-0.25, -0.2) is 8.78 Å². The van der Waals surface area contributed by atoms with Crippen LogP contribution in [-0.4, -0.2) is 0 Å². The van der Waals surface area contributed by atoms with E-state index in [9.17, 15) is 8.78 Å². The molecule has 10 heavy (non-hydrogen) atoms. The van der Waals surface area contributed by atoms with Gasteiger partial charge in [0.05, 0.1) is 9.37 Å². The molecule has 0 aliphatic heterocycles. The second kappa shape index (κ2) is 2.88. The van der Waals surface area contributed by atoms with Gasteiger partial charge in [-0.05, 0) is 28.1 Å². The van der Waals surface area contributed by atoms with E-state index in [1.54, 1.807) is 0 Å². The van der Waals surface area contributed by atoms with Gasteiger partial charge >= 0.3 is 0 Å². The third kappa shape index (κ3) is 1.32. The largest absolute Gasteiger partial charge is 0.206 e. The minimum absolute atomic E-state index is 0.221. The molecule has 0 bridgehead atoms. The fraction of sp³-hybridized carbons (Fsp3) is 0. The first-order valence-electron chi connectivity index (χ1n) is 2.45. The van der Waals surface area contributed by atoms with Crippen molar-refractivity contribution in [1.82, 2.24) is 0 Å². The van der Waals surface area contributed by atoms with Gasteiger partial charge in [0.2, 0.25) is 0 Å². The molecule has 0 fully saturated rings. The van der Waals surface area contributed by atoms with Crippen LogP contribution in [0.5, 0.6) is 0 Å². The van der Waals surface area contributed by atoms with Crippen molar-refractivity contribution in [1.29, 1.82) is 0 Å². The van der Waals surface area contributed by atoms with E-state index < -0.39 is 11.6 Å². The van der Waals surface area contributed by atoms with Crippen molar-refractivity contribution in [3.63, 3.8) is 0 Å². The number of halogens is 3. The molecule has 0 spiro atoms.